The fourth-order valence-electron chi connectivity index (χ4n) is 3.44. The largest absolute Gasteiger partial charge is 0.317 e. The summed E-state index contributed by atoms with van der Waals surface area (Å²) in [7, 11) is -3.34. The highest BCUT2D eigenvalue weighted by atomic mass is 32.2. The number of sulfonamides is 1. The summed E-state index contributed by atoms with van der Waals surface area (Å²) >= 11 is 0. The van der Waals surface area contributed by atoms with Gasteiger partial charge in [-0.25, -0.2) is 8.42 Å². The van der Waals surface area contributed by atoms with Gasteiger partial charge in [-0.1, -0.05) is 17.7 Å². The topological polar surface area (TPSA) is 52.7 Å². The molecular weight excluding hydrogens is 310 g/mol. The summed E-state index contributed by atoms with van der Waals surface area (Å²) in [5.41, 5.74) is 1.08. The summed E-state index contributed by atoms with van der Waals surface area (Å²) in [5.74, 6) is 0.761. The molecule has 5 nitrogen and oxygen atoms in total. The van der Waals surface area contributed by atoms with Crippen LogP contribution in [0.5, 0.6) is 0 Å². The number of piperidine rings is 1. The van der Waals surface area contributed by atoms with Crippen LogP contribution in [-0.2, 0) is 10.0 Å². The van der Waals surface area contributed by atoms with Crippen molar-refractivity contribution >= 4 is 10.0 Å². The van der Waals surface area contributed by atoms with E-state index in [1.54, 1.807) is 16.4 Å². The number of hydrogen-bond donors (Lipinski definition) is 1. The Labute approximate surface area is 139 Å². The lowest BCUT2D eigenvalue weighted by molar-refractivity contribution is 0.152. The minimum absolute atomic E-state index is 0.412. The summed E-state index contributed by atoms with van der Waals surface area (Å²) < 4.78 is 27.0. The zero-order chi connectivity index (χ0) is 16.3. The zero-order valence-corrected chi connectivity index (χ0v) is 14.7. The maximum atomic E-state index is 12.7. The molecule has 0 atom stereocenters. The fourth-order valence-corrected chi connectivity index (χ4v) is 4.86. The number of benzene rings is 1. The van der Waals surface area contributed by atoms with Crippen molar-refractivity contribution in [2.45, 2.75) is 24.7 Å². The second-order valence-corrected chi connectivity index (χ2v) is 8.65. The molecule has 2 saturated heterocycles. The summed E-state index contributed by atoms with van der Waals surface area (Å²) in [4.78, 5) is 2.84. The fraction of sp³-hybridized carbons (Fsp3) is 0.647. The van der Waals surface area contributed by atoms with E-state index >= 15 is 0 Å². The third-order valence-corrected chi connectivity index (χ3v) is 6.88. The predicted molar refractivity (Wildman–Crippen MR) is 92.0 cm³/mol. The van der Waals surface area contributed by atoms with Crippen LogP contribution in [0.2, 0.25) is 0 Å². The highest BCUT2D eigenvalue weighted by Gasteiger charge is 2.29. The second kappa shape index (κ2) is 7.30. The maximum absolute atomic E-state index is 12.7. The standard InChI is InChI=1S/C17H27N3O2S/c1-15-2-4-17(5-3-15)23(21,22)20-12-10-19(11-13-20)14-16-6-8-18-9-7-16/h2-5,16,18H,6-14H2,1H3. The van der Waals surface area contributed by atoms with Gasteiger partial charge in [0.25, 0.3) is 0 Å². The van der Waals surface area contributed by atoms with Crippen molar-refractivity contribution in [1.29, 1.82) is 0 Å². The zero-order valence-electron chi connectivity index (χ0n) is 13.9. The molecule has 0 saturated carbocycles. The van der Waals surface area contributed by atoms with Crippen molar-refractivity contribution in [1.82, 2.24) is 14.5 Å². The Balaban J connectivity index is 1.56. The molecular formula is C17H27N3O2S. The molecule has 0 amide bonds. The van der Waals surface area contributed by atoms with E-state index in [4.69, 9.17) is 0 Å². The molecule has 23 heavy (non-hydrogen) atoms. The molecule has 0 aliphatic carbocycles. The van der Waals surface area contributed by atoms with Crippen molar-refractivity contribution in [3.05, 3.63) is 29.8 Å². The van der Waals surface area contributed by atoms with Gasteiger partial charge in [0, 0.05) is 32.7 Å². The third-order valence-electron chi connectivity index (χ3n) is 4.97. The molecule has 1 N–H and O–H groups in total. The van der Waals surface area contributed by atoms with Crippen LogP contribution in [0.25, 0.3) is 0 Å². The van der Waals surface area contributed by atoms with Crippen LogP contribution in [0, 0.1) is 12.8 Å². The molecule has 3 rings (SSSR count). The molecule has 0 aromatic heterocycles. The van der Waals surface area contributed by atoms with Gasteiger partial charge < -0.3 is 10.2 Å². The van der Waals surface area contributed by atoms with Gasteiger partial charge in [-0.05, 0) is 50.9 Å². The van der Waals surface area contributed by atoms with E-state index in [1.165, 1.54) is 12.8 Å². The minimum Gasteiger partial charge on any atom is -0.317 e. The first-order valence-electron chi connectivity index (χ1n) is 8.55. The Morgan fingerprint density at radius 3 is 2.26 bits per heavy atom. The number of piperazine rings is 1. The van der Waals surface area contributed by atoms with Gasteiger partial charge >= 0.3 is 0 Å². The van der Waals surface area contributed by atoms with Gasteiger partial charge in [0.15, 0.2) is 0 Å². The number of hydrogen-bond acceptors (Lipinski definition) is 4. The van der Waals surface area contributed by atoms with Gasteiger partial charge in [0.05, 0.1) is 4.90 Å². The SMILES string of the molecule is Cc1ccc(S(=O)(=O)N2CCN(CC3CCNCC3)CC2)cc1. The Hall–Kier alpha value is -0.950. The number of aryl methyl sites for hydroxylation is 1. The summed E-state index contributed by atoms with van der Waals surface area (Å²) in [6.45, 7) is 8.20. The van der Waals surface area contributed by atoms with Crippen LogP contribution in [0.3, 0.4) is 0 Å². The maximum Gasteiger partial charge on any atom is 0.243 e. The second-order valence-electron chi connectivity index (χ2n) is 6.71. The average molecular weight is 337 g/mol. The smallest absolute Gasteiger partial charge is 0.243 e. The van der Waals surface area contributed by atoms with Gasteiger partial charge in [-0.15, -0.1) is 0 Å². The van der Waals surface area contributed by atoms with E-state index in [1.807, 2.05) is 19.1 Å². The van der Waals surface area contributed by atoms with E-state index in [0.717, 1.165) is 44.2 Å². The lowest BCUT2D eigenvalue weighted by Gasteiger charge is -2.36. The summed E-state index contributed by atoms with van der Waals surface area (Å²) in [6, 6.07) is 7.15. The van der Waals surface area contributed by atoms with E-state index in [2.05, 4.69) is 10.2 Å². The first-order valence-corrected chi connectivity index (χ1v) is 9.99. The first-order chi connectivity index (χ1) is 11.1. The molecule has 0 bridgehead atoms. The van der Waals surface area contributed by atoms with Crippen molar-refractivity contribution in [2.24, 2.45) is 5.92 Å². The molecule has 1 aromatic rings. The Bertz CT molecular complexity index is 601. The van der Waals surface area contributed by atoms with Crippen molar-refractivity contribution in [3.8, 4) is 0 Å². The molecule has 2 aliphatic rings. The molecule has 2 heterocycles. The Kier molecular flexibility index (Phi) is 5.36. The van der Waals surface area contributed by atoms with Gasteiger partial charge in [0.2, 0.25) is 10.0 Å². The van der Waals surface area contributed by atoms with Crippen LogP contribution < -0.4 is 5.32 Å². The molecule has 0 radical (unpaired) electrons. The van der Waals surface area contributed by atoms with Crippen LogP contribution in [0.4, 0.5) is 0 Å². The van der Waals surface area contributed by atoms with Crippen LogP contribution in [-0.4, -0.2) is 63.4 Å². The third kappa shape index (κ3) is 4.12. The van der Waals surface area contributed by atoms with E-state index in [0.29, 0.717) is 18.0 Å². The van der Waals surface area contributed by atoms with E-state index in [9.17, 15) is 8.42 Å². The number of nitrogens with zero attached hydrogens (tertiary/aromatic N) is 2. The van der Waals surface area contributed by atoms with E-state index in [-0.39, 0.29) is 0 Å². The van der Waals surface area contributed by atoms with E-state index < -0.39 is 10.0 Å². The molecule has 0 unspecified atom stereocenters. The average Bonchev–Trinajstić information content (AvgIpc) is 2.57. The van der Waals surface area contributed by atoms with Crippen molar-refractivity contribution in [2.75, 3.05) is 45.8 Å². The van der Waals surface area contributed by atoms with Gasteiger partial charge in [-0.3, -0.25) is 0 Å². The molecule has 1 aromatic carbocycles. The lowest BCUT2D eigenvalue weighted by atomic mass is 9.97. The normalized spacial score (nSPS) is 22.3. The minimum atomic E-state index is -3.34. The molecule has 128 valence electrons. The predicted octanol–water partition coefficient (Wildman–Crippen LogP) is 1.30. The van der Waals surface area contributed by atoms with Crippen LogP contribution in [0.1, 0.15) is 18.4 Å². The first kappa shape index (κ1) is 16.9. The highest BCUT2D eigenvalue weighted by molar-refractivity contribution is 7.89. The van der Waals surface area contributed by atoms with Crippen LogP contribution >= 0.6 is 0 Å². The van der Waals surface area contributed by atoms with Crippen molar-refractivity contribution < 1.29 is 8.42 Å². The highest BCUT2D eigenvalue weighted by Crippen LogP contribution is 2.20. The number of nitrogens with one attached hydrogen (secondary N) is 1. The number of rotatable bonds is 4. The Morgan fingerprint density at radius 1 is 1.04 bits per heavy atom. The molecule has 2 fully saturated rings. The summed E-state index contributed by atoms with van der Waals surface area (Å²) in [6.07, 6.45) is 2.48. The monoisotopic (exact) mass is 337 g/mol. The Morgan fingerprint density at radius 2 is 1.65 bits per heavy atom. The van der Waals surface area contributed by atoms with Crippen LogP contribution in [0.15, 0.2) is 29.2 Å². The lowest BCUT2D eigenvalue weighted by Crippen LogP contribution is -2.50. The quantitative estimate of drug-likeness (QED) is 0.900. The molecule has 0 spiro atoms. The summed E-state index contributed by atoms with van der Waals surface area (Å²) in [5, 5.41) is 3.39. The molecule has 6 heteroatoms. The van der Waals surface area contributed by atoms with Gasteiger partial charge in [-0.2, -0.15) is 4.31 Å². The van der Waals surface area contributed by atoms with Crippen molar-refractivity contribution in [3.63, 3.8) is 0 Å². The van der Waals surface area contributed by atoms with Gasteiger partial charge in [0.1, 0.15) is 0 Å². The molecule has 2 aliphatic heterocycles.